The van der Waals surface area contributed by atoms with Crippen LogP contribution in [0.3, 0.4) is 0 Å². The molecule has 0 bridgehead atoms. The number of amides is 1. The molecule has 0 saturated carbocycles. The van der Waals surface area contributed by atoms with Gasteiger partial charge in [-0.2, -0.15) is 0 Å². The number of carbonyl (C=O) groups is 1. The third-order valence-electron chi connectivity index (χ3n) is 4.39. The Kier molecular flexibility index (Phi) is 5.41. The SMILES string of the molecule is COc1ccc(Br)c(C(=O)N2CCN(c3ccccc3[N+](=O)[O-])CC2)c1. The van der Waals surface area contributed by atoms with Crippen LogP contribution in [0, 0.1) is 10.1 Å². The number of methoxy groups -OCH3 is 1. The van der Waals surface area contributed by atoms with E-state index >= 15 is 0 Å². The van der Waals surface area contributed by atoms with Crippen molar-refractivity contribution in [3.63, 3.8) is 0 Å². The largest absolute Gasteiger partial charge is 0.497 e. The maximum absolute atomic E-state index is 12.8. The van der Waals surface area contributed by atoms with E-state index in [9.17, 15) is 14.9 Å². The van der Waals surface area contributed by atoms with Crippen molar-refractivity contribution in [2.75, 3.05) is 38.2 Å². The Hall–Kier alpha value is -2.61. The number of rotatable bonds is 4. The number of para-hydroxylation sites is 2. The molecule has 0 aliphatic carbocycles. The topological polar surface area (TPSA) is 75.9 Å². The molecule has 1 heterocycles. The van der Waals surface area contributed by atoms with Crippen molar-refractivity contribution in [1.29, 1.82) is 0 Å². The van der Waals surface area contributed by atoms with Crippen molar-refractivity contribution in [3.05, 3.63) is 62.6 Å². The minimum absolute atomic E-state index is 0.0852. The van der Waals surface area contributed by atoms with Crippen molar-refractivity contribution >= 4 is 33.2 Å². The first-order valence-electron chi connectivity index (χ1n) is 8.12. The number of nitrogens with zero attached hydrogens (tertiary/aromatic N) is 3. The number of piperazine rings is 1. The quantitative estimate of drug-likeness (QED) is 0.560. The molecule has 26 heavy (non-hydrogen) atoms. The zero-order valence-corrected chi connectivity index (χ0v) is 15.8. The van der Waals surface area contributed by atoms with Crippen LogP contribution in [0.5, 0.6) is 5.75 Å². The van der Waals surface area contributed by atoms with Gasteiger partial charge in [-0.25, -0.2) is 0 Å². The van der Waals surface area contributed by atoms with Crippen LogP contribution >= 0.6 is 15.9 Å². The molecular weight excluding hydrogens is 402 g/mol. The fourth-order valence-electron chi connectivity index (χ4n) is 3.00. The molecule has 3 rings (SSSR count). The van der Waals surface area contributed by atoms with Crippen molar-refractivity contribution in [3.8, 4) is 5.75 Å². The van der Waals surface area contributed by atoms with Crippen LogP contribution in [0.25, 0.3) is 0 Å². The predicted octanol–water partition coefficient (Wildman–Crippen LogP) is 3.33. The molecule has 0 radical (unpaired) electrons. The average molecular weight is 420 g/mol. The van der Waals surface area contributed by atoms with E-state index in [4.69, 9.17) is 4.74 Å². The molecule has 8 heteroatoms. The van der Waals surface area contributed by atoms with Crippen LogP contribution in [0.15, 0.2) is 46.9 Å². The summed E-state index contributed by atoms with van der Waals surface area (Å²) in [6.07, 6.45) is 0. The van der Waals surface area contributed by atoms with Crippen LogP contribution < -0.4 is 9.64 Å². The number of carbonyl (C=O) groups excluding carboxylic acids is 1. The number of hydrogen-bond donors (Lipinski definition) is 0. The van der Waals surface area contributed by atoms with Gasteiger partial charge in [0.05, 0.1) is 17.6 Å². The maximum atomic E-state index is 12.8. The van der Waals surface area contributed by atoms with Crippen molar-refractivity contribution in [2.45, 2.75) is 0 Å². The molecule has 0 spiro atoms. The summed E-state index contributed by atoms with van der Waals surface area (Å²) in [6.45, 7) is 2.07. The third kappa shape index (κ3) is 3.65. The molecule has 2 aromatic carbocycles. The second kappa shape index (κ2) is 7.74. The van der Waals surface area contributed by atoms with E-state index in [1.807, 2.05) is 4.90 Å². The Morgan fingerprint density at radius 2 is 1.85 bits per heavy atom. The fourth-order valence-corrected chi connectivity index (χ4v) is 3.42. The number of halogens is 1. The number of anilines is 1. The standard InChI is InChI=1S/C18H18BrN3O4/c1-26-13-6-7-15(19)14(12-13)18(23)21-10-8-20(9-11-21)16-4-2-3-5-17(16)22(24)25/h2-7,12H,8-11H2,1H3. The summed E-state index contributed by atoms with van der Waals surface area (Å²) in [6, 6.07) is 12.0. The van der Waals surface area contributed by atoms with E-state index in [2.05, 4.69) is 15.9 Å². The van der Waals surface area contributed by atoms with E-state index in [1.165, 1.54) is 6.07 Å². The van der Waals surface area contributed by atoms with Crippen LogP contribution in [-0.4, -0.2) is 49.0 Å². The first-order valence-corrected chi connectivity index (χ1v) is 8.91. The maximum Gasteiger partial charge on any atom is 0.292 e. The summed E-state index contributed by atoms with van der Waals surface area (Å²) in [5, 5.41) is 11.2. The lowest BCUT2D eigenvalue weighted by Gasteiger charge is -2.36. The smallest absolute Gasteiger partial charge is 0.292 e. The zero-order valence-electron chi connectivity index (χ0n) is 14.2. The van der Waals surface area contributed by atoms with Gasteiger partial charge >= 0.3 is 0 Å². The van der Waals surface area contributed by atoms with Crippen LogP contribution in [0.2, 0.25) is 0 Å². The Balaban J connectivity index is 1.73. The molecule has 7 nitrogen and oxygen atoms in total. The van der Waals surface area contributed by atoms with Gasteiger partial charge in [0.25, 0.3) is 11.6 Å². The van der Waals surface area contributed by atoms with Crippen molar-refractivity contribution < 1.29 is 14.5 Å². The minimum Gasteiger partial charge on any atom is -0.497 e. The van der Waals surface area contributed by atoms with Crippen LogP contribution in [-0.2, 0) is 0 Å². The molecule has 1 saturated heterocycles. The van der Waals surface area contributed by atoms with Gasteiger partial charge < -0.3 is 14.5 Å². The molecule has 1 fully saturated rings. The molecular formula is C18H18BrN3O4. The number of hydrogen-bond acceptors (Lipinski definition) is 5. The van der Waals surface area contributed by atoms with Crippen LogP contribution in [0.1, 0.15) is 10.4 Å². The van der Waals surface area contributed by atoms with E-state index in [0.717, 1.165) is 0 Å². The lowest BCUT2D eigenvalue weighted by Crippen LogP contribution is -2.49. The second-order valence-corrected chi connectivity index (χ2v) is 6.73. The Labute approximate surface area is 159 Å². The molecule has 0 unspecified atom stereocenters. The molecule has 1 aliphatic rings. The molecule has 1 aliphatic heterocycles. The van der Waals surface area contributed by atoms with E-state index in [-0.39, 0.29) is 16.5 Å². The zero-order chi connectivity index (χ0) is 18.7. The summed E-state index contributed by atoms with van der Waals surface area (Å²) in [7, 11) is 1.56. The Bertz CT molecular complexity index is 835. The first kappa shape index (κ1) is 18.2. The molecule has 136 valence electrons. The monoisotopic (exact) mass is 419 g/mol. The van der Waals surface area contributed by atoms with Gasteiger partial charge in [0.2, 0.25) is 0 Å². The Morgan fingerprint density at radius 3 is 2.50 bits per heavy atom. The molecule has 2 aromatic rings. The number of benzene rings is 2. The second-order valence-electron chi connectivity index (χ2n) is 5.87. The summed E-state index contributed by atoms with van der Waals surface area (Å²) < 4.78 is 5.91. The molecule has 0 atom stereocenters. The summed E-state index contributed by atoms with van der Waals surface area (Å²) in [5.74, 6) is 0.535. The van der Waals surface area contributed by atoms with Crippen molar-refractivity contribution in [1.82, 2.24) is 4.90 Å². The van der Waals surface area contributed by atoms with Gasteiger partial charge in [-0.1, -0.05) is 12.1 Å². The van der Waals surface area contributed by atoms with Gasteiger partial charge in [-0.15, -0.1) is 0 Å². The molecule has 0 aromatic heterocycles. The molecule has 0 N–H and O–H groups in total. The highest BCUT2D eigenvalue weighted by molar-refractivity contribution is 9.10. The minimum atomic E-state index is -0.375. The lowest BCUT2D eigenvalue weighted by atomic mass is 10.1. The predicted molar refractivity (Wildman–Crippen MR) is 102 cm³/mol. The first-order chi connectivity index (χ1) is 12.5. The van der Waals surface area contributed by atoms with Gasteiger partial charge in [-0.05, 0) is 40.2 Å². The van der Waals surface area contributed by atoms with Crippen molar-refractivity contribution in [2.24, 2.45) is 0 Å². The summed E-state index contributed by atoms with van der Waals surface area (Å²) in [5.41, 5.74) is 1.22. The highest BCUT2D eigenvalue weighted by Gasteiger charge is 2.27. The van der Waals surface area contributed by atoms with E-state index < -0.39 is 0 Å². The lowest BCUT2D eigenvalue weighted by molar-refractivity contribution is -0.384. The highest BCUT2D eigenvalue weighted by Crippen LogP contribution is 2.29. The van der Waals surface area contributed by atoms with Gasteiger partial charge in [-0.3, -0.25) is 14.9 Å². The van der Waals surface area contributed by atoms with Gasteiger partial charge in [0.15, 0.2) is 0 Å². The number of nitro benzene ring substituents is 1. The fraction of sp³-hybridized carbons (Fsp3) is 0.278. The van der Waals surface area contributed by atoms with E-state index in [0.29, 0.717) is 47.7 Å². The summed E-state index contributed by atoms with van der Waals surface area (Å²) >= 11 is 3.41. The Morgan fingerprint density at radius 1 is 1.15 bits per heavy atom. The average Bonchev–Trinajstić information content (AvgIpc) is 2.68. The summed E-state index contributed by atoms with van der Waals surface area (Å²) in [4.78, 5) is 27.4. The van der Waals surface area contributed by atoms with E-state index in [1.54, 1.807) is 48.4 Å². The van der Waals surface area contributed by atoms with Gasteiger partial charge in [0.1, 0.15) is 11.4 Å². The number of ether oxygens (including phenoxy) is 1. The number of nitro groups is 1. The third-order valence-corrected chi connectivity index (χ3v) is 5.08. The van der Waals surface area contributed by atoms with Gasteiger partial charge in [0, 0.05) is 36.7 Å². The normalized spacial score (nSPS) is 14.2. The van der Waals surface area contributed by atoms with Crippen LogP contribution in [0.4, 0.5) is 11.4 Å². The molecule has 1 amide bonds. The highest BCUT2D eigenvalue weighted by atomic mass is 79.9.